The van der Waals surface area contributed by atoms with Crippen LogP contribution in [0.25, 0.3) is 11.4 Å². The van der Waals surface area contributed by atoms with Crippen molar-refractivity contribution in [1.29, 1.82) is 0 Å². The highest BCUT2D eigenvalue weighted by Crippen LogP contribution is 2.42. The molecule has 11 heteroatoms. The molecule has 1 aliphatic carbocycles. The Morgan fingerprint density at radius 2 is 1.68 bits per heavy atom. The predicted molar refractivity (Wildman–Crippen MR) is 150 cm³/mol. The van der Waals surface area contributed by atoms with Crippen molar-refractivity contribution < 1.29 is 22.6 Å². The molecule has 1 aromatic carbocycles. The molecule has 0 aliphatic heterocycles. The topological polar surface area (TPSA) is 125 Å². The Balaban J connectivity index is 1.64. The van der Waals surface area contributed by atoms with Gasteiger partial charge in [0.15, 0.2) is 28.2 Å². The fraction of sp³-hybridized carbons (Fsp3) is 0.310. The van der Waals surface area contributed by atoms with Crippen molar-refractivity contribution in [2.24, 2.45) is 0 Å². The molecule has 3 aromatic heterocycles. The molecule has 3 heterocycles. The summed E-state index contributed by atoms with van der Waals surface area (Å²) in [5, 5.41) is -0.150. The number of hydrogen-bond acceptors (Lipinski definition) is 9. The Kier molecular flexibility index (Phi) is 8.11. The van der Waals surface area contributed by atoms with Crippen molar-refractivity contribution in [3.05, 3.63) is 72.7 Å². The Morgan fingerprint density at radius 1 is 0.950 bits per heavy atom. The molecule has 1 fully saturated rings. The molecule has 0 spiro atoms. The normalized spacial score (nSPS) is 13.8. The molecular weight excluding hydrogens is 530 g/mol. The van der Waals surface area contributed by atoms with Gasteiger partial charge in [-0.3, -0.25) is 9.71 Å². The monoisotopic (exact) mass is 561 g/mol. The number of aromatic nitrogens is 4. The summed E-state index contributed by atoms with van der Waals surface area (Å²) in [4.78, 5) is 17.5. The minimum Gasteiger partial charge on any atom is -0.493 e. The molecule has 1 aliphatic rings. The third-order valence-corrected chi connectivity index (χ3v) is 7.82. The second kappa shape index (κ2) is 11.9. The third kappa shape index (κ3) is 6.15. The van der Waals surface area contributed by atoms with Gasteiger partial charge in [0.2, 0.25) is 5.75 Å². The molecule has 208 valence electrons. The molecule has 10 nitrogen and oxygen atoms in total. The number of nitrogens with one attached hydrogen (secondary N) is 1. The van der Waals surface area contributed by atoms with Crippen molar-refractivity contribution in [3.8, 4) is 34.5 Å². The van der Waals surface area contributed by atoms with Gasteiger partial charge in [-0.05, 0) is 67.5 Å². The Morgan fingerprint density at radius 3 is 2.33 bits per heavy atom. The highest BCUT2D eigenvalue weighted by Gasteiger charge is 2.28. The summed E-state index contributed by atoms with van der Waals surface area (Å²) in [6.07, 6.45) is 8.48. The minimum atomic E-state index is -4.16. The van der Waals surface area contributed by atoms with Crippen LogP contribution in [0.1, 0.15) is 51.0 Å². The van der Waals surface area contributed by atoms with Gasteiger partial charge in [-0.1, -0.05) is 32.0 Å². The number of para-hydroxylation sites is 2. The lowest BCUT2D eigenvalue weighted by Gasteiger charge is -2.20. The van der Waals surface area contributed by atoms with Gasteiger partial charge in [0, 0.05) is 24.2 Å². The van der Waals surface area contributed by atoms with E-state index in [2.05, 4.69) is 24.7 Å². The number of rotatable bonds is 10. The van der Waals surface area contributed by atoms with Crippen LogP contribution < -0.4 is 18.9 Å². The van der Waals surface area contributed by atoms with Crippen molar-refractivity contribution in [3.63, 3.8) is 0 Å². The van der Waals surface area contributed by atoms with E-state index in [9.17, 15) is 8.42 Å². The lowest BCUT2D eigenvalue weighted by molar-refractivity contribution is 0.194. The number of benzene rings is 1. The quantitative estimate of drug-likeness (QED) is 0.249. The summed E-state index contributed by atoms with van der Waals surface area (Å²) in [6.45, 7) is 4.02. The van der Waals surface area contributed by atoms with Crippen LogP contribution in [0, 0.1) is 0 Å². The maximum absolute atomic E-state index is 13.5. The Labute approximate surface area is 233 Å². The van der Waals surface area contributed by atoms with Gasteiger partial charge < -0.3 is 14.2 Å². The van der Waals surface area contributed by atoms with Gasteiger partial charge in [0.25, 0.3) is 15.9 Å². The van der Waals surface area contributed by atoms with E-state index in [4.69, 9.17) is 14.2 Å². The summed E-state index contributed by atoms with van der Waals surface area (Å²) < 4.78 is 47.7. The van der Waals surface area contributed by atoms with E-state index < -0.39 is 10.0 Å². The van der Waals surface area contributed by atoms with Gasteiger partial charge in [-0.15, -0.1) is 0 Å². The third-order valence-electron chi connectivity index (χ3n) is 6.57. The van der Waals surface area contributed by atoms with Crippen LogP contribution in [0.15, 0.2) is 72.1 Å². The van der Waals surface area contributed by atoms with Crippen LogP contribution in [0.3, 0.4) is 0 Å². The molecule has 40 heavy (non-hydrogen) atoms. The number of nitrogens with zero attached hydrogens (tertiary/aromatic N) is 4. The van der Waals surface area contributed by atoms with Gasteiger partial charge in [0.05, 0.1) is 7.11 Å². The standard InChI is InChI=1S/C29H31N5O5S/c1-19(2)21-12-13-25(31-18-21)40(35,36)34-28-26(39-24-11-7-6-10-23(24)37-3)29(38-22-8-4-5-9-22)33-27(32-28)20-14-16-30-17-15-20/h6-7,10-19,22H,4-5,8-9H2,1-3H3,(H,32,33,34). The Hall–Kier alpha value is -4.25. The summed E-state index contributed by atoms with van der Waals surface area (Å²) in [5.74, 6) is 1.32. The fourth-order valence-electron chi connectivity index (χ4n) is 4.35. The number of anilines is 1. The average Bonchev–Trinajstić information content (AvgIpc) is 3.48. The summed E-state index contributed by atoms with van der Waals surface area (Å²) in [7, 11) is -2.63. The van der Waals surface area contributed by atoms with E-state index in [0.29, 0.717) is 17.1 Å². The second-order valence-corrected chi connectivity index (χ2v) is 11.4. The zero-order valence-electron chi connectivity index (χ0n) is 22.6. The van der Waals surface area contributed by atoms with Crippen LogP contribution in [0.4, 0.5) is 5.82 Å². The van der Waals surface area contributed by atoms with E-state index in [-0.39, 0.29) is 40.3 Å². The van der Waals surface area contributed by atoms with Crippen LogP contribution in [0.2, 0.25) is 0 Å². The molecule has 0 amide bonds. The van der Waals surface area contributed by atoms with E-state index in [1.165, 1.54) is 13.2 Å². The number of methoxy groups -OCH3 is 1. The largest absolute Gasteiger partial charge is 0.493 e. The maximum atomic E-state index is 13.5. The molecule has 0 atom stereocenters. The second-order valence-electron chi connectivity index (χ2n) is 9.73. The van der Waals surface area contributed by atoms with E-state index in [1.807, 2.05) is 13.8 Å². The lowest BCUT2D eigenvalue weighted by atomic mass is 10.1. The molecule has 0 radical (unpaired) electrons. The SMILES string of the molecule is COc1ccccc1Oc1c(NS(=O)(=O)c2ccc(C(C)C)cn2)nc(-c2ccncc2)nc1OC1CCCC1. The van der Waals surface area contributed by atoms with Crippen LogP contribution in [0.5, 0.6) is 23.1 Å². The minimum absolute atomic E-state index is 0.0246. The molecule has 0 bridgehead atoms. The first-order chi connectivity index (χ1) is 19.3. The smallest absolute Gasteiger partial charge is 0.280 e. The molecule has 5 rings (SSSR count). The first-order valence-corrected chi connectivity index (χ1v) is 14.6. The van der Waals surface area contributed by atoms with Crippen molar-refractivity contribution in [1.82, 2.24) is 19.9 Å². The molecule has 0 saturated heterocycles. The van der Waals surface area contributed by atoms with Gasteiger partial charge in [-0.2, -0.15) is 13.4 Å². The number of ether oxygens (including phenoxy) is 3. The van der Waals surface area contributed by atoms with Gasteiger partial charge >= 0.3 is 0 Å². The number of sulfonamides is 1. The zero-order valence-corrected chi connectivity index (χ0v) is 23.4. The summed E-state index contributed by atoms with van der Waals surface area (Å²) in [6, 6.07) is 13.7. The molecule has 1 N–H and O–H groups in total. The van der Waals surface area contributed by atoms with Crippen LogP contribution in [-0.2, 0) is 10.0 Å². The van der Waals surface area contributed by atoms with Crippen LogP contribution >= 0.6 is 0 Å². The van der Waals surface area contributed by atoms with Crippen LogP contribution in [-0.4, -0.2) is 41.6 Å². The van der Waals surface area contributed by atoms with E-state index >= 15 is 0 Å². The summed E-state index contributed by atoms with van der Waals surface area (Å²) in [5.41, 5.74) is 1.56. The fourth-order valence-corrected chi connectivity index (χ4v) is 5.29. The van der Waals surface area contributed by atoms with Crippen molar-refractivity contribution >= 4 is 15.8 Å². The van der Waals surface area contributed by atoms with Gasteiger partial charge in [-0.25, -0.2) is 9.97 Å². The first kappa shape index (κ1) is 27.3. The predicted octanol–water partition coefficient (Wildman–Crippen LogP) is 5.98. The summed E-state index contributed by atoms with van der Waals surface area (Å²) >= 11 is 0. The molecule has 4 aromatic rings. The average molecular weight is 562 g/mol. The highest BCUT2D eigenvalue weighted by atomic mass is 32.2. The molecule has 1 saturated carbocycles. The maximum Gasteiger partial charge on any atom is 0.280 e. The molecular formula is C29H31N5O5S. The van der Waals surface area contributed by atoms with Crippen molar-refractivity contribution in [2.75, 3.05) is 11.8 Å². The zero-order chi connectivity index (χ0) is 28.1. The Bertz CT molecular complexity index is 1560. The number of pyridine rings is 2. The number of hydrogen-bond donors (Lipinski definition) is 1. The highest BCUT2D eigenvalue weighted by molar-refractivity contribution is 7.92. The lowest BCUT2D eigenvalue weighted by Crippen LogP contribution is -2.18. The van der Waals surface area contributed by atoms with E-state index in [0.717, 1.165) is 31.2 Å². The van der Waals surface area contributed by atoms with Gasteiger partial charge in [0.1, 0.15) is 6.10 Å². The molecule has 0 unspecified atom stereocenters. The van der Waals surface area contributed by atoms with E-state index in [1.54, 1.807) is 61.1 Å². The van der Waals surface area contributed by atoms with Crippen molar-refractivity contribution in [2.45, 2.75) is 56.6 Å². The first-order valence-electron chi connectivity index (χ1n) is 13.1.